The molecular formula is C13H17ClN2O2. The van der Waals surface area contributed by atoms with Crippen molar-refractivity contribution in [3.8, 4) is 5.75 Å². The Bertz CT molecular complexity index is 430. The SMILES string of the molecule is CNC(=O)C1CCCN1Cc1c(O)cccc1Cl. The van der Waals surface area contributed by atoms with Gasteiger partial charge in [-0.3, -0.25) is 9.69 Å². The van der Waals surface area contributed by atoms with Crippen molar-refractivity contribution in [2.45, 2.75) is 25.4 Å². The van der Waals surface area contributed by atoms with Gasteiger partial charge >= 0.3 is 0 Å². The Morgan fingerprint density at radius 2 is 2.39 bits per heavy atom. The quantitative estimate of drug-likeness (QED) is 0.878. The topological polar surface area (TPSA) is 52.6 Å². The number of nitrogens with zero attached hydrogens (tertiary/aromatic N) is 1. The van der Waals surface area contributed by atoms with Crippen LogP contribution in [0.2, 0.25) is 5.02 Å². The number of hydrogen-bond acceptors (Lipinski definition) is 3. The lowest BCUT2D eigenvalue weighted by molar-refractivity contribution is -0.125. The van der Waals surface area contributed by atoms with E-state index < -0.39 is 0 Å². The van der Waals surface area contributed by atoms with Crippen LogP contribution in [0, 0.1) is 0 Å². The van der Waals surface area contributed by atoms with Gasteiger partial charge in [-0.05, 0) is 31.5 Å². The number of carbonyl (C=O) groups is 1. The first kappa shape index (κ1) is 13.2. The number of rotatable bonds is 3. The Hall–Kier alpha value is -1.26. The van der Waals surface area contributed by atoms with Crippen LogP contribution >= 0.6 is 11.6 Å². The minimum Gasteiger partial charge on any atom is -0.508 e. The van der Waals surface area contributed by atoms with E-state index in [1.165, 1.54) is 0 Å². The van der Waals surface area contributed by atoms with Crippen LogP contribution in [0.4, 0.5) is 0 Å². The summed E-state index contributed by atoms with van der Waals surface area (Å²) in [5, 5.41) is 13.0. The van der Waals surface area contributed by atoms with Crippen molar-refractivity contribution in [2.75, 3.05) is 13.6 Å². The molecule has 2 rings (SSSR count). The fourth-order valence-electron chi connectivity index (χ4n) is 2.39. The molecule has 1 fully saturated rings. The van der Waals surface area contributed by atoms with Crippen LogP contribution in [0.5, 0.6) is 5.75 Å². The maximum Gasteiger partial charge on any atom is 0.237 e. The van der Waals surface area contributed by atoms with Gasteiger partial charge in [0, 0.05) is 24.2 Å². The van der Waals surface area contributed by atoms with Crippen LogP contribution in [-0.2, 0) is 11.3 Å². The molecule has 1 unspecified atom stereocenters. The zero-order chi connectivity index (χ0) is 13.1. The van der Waals surface area contributed by atoms with E-state index in [-0.39, 0.29) is 17.7 Å². The minimum atomic E-state index is -0.120. The molecule has 1 atom stereocenters. The van der Waals surface area contributed by atoms with Crippen LogP contribution in [0.1, 0.15) is 18.4 Å². The molecule has 0 aromatic heterocycles. The third-order valence-corrected chi connectivity index (χ3v) is 3.72. The van der Waals surface area contributed by atoms with Gasteiger partial charge in [0.25, 0.3) is 0 Å². The molecule has 0 saturated carbocycles. The lowest BCUT2D eigenvalue weighted by Crippen LogP contribution is -2.41. The maximum absolute atomic E-state index is 11.7. The van der Waals surface area contributed by atoms with Crippen molar-refractivity contribution in [3.05, 3.63) is 28.8 Å². The number of amides is 1. The van der Waals surface area contributed by atoms with Crippen molar-refractivity contribution in [3.63, 3.8) is 0 Å². The van der Waals surface area contributed by atoms with E-state index in [2.05, 4.69) is 10.2 Å². The van der Waals surface area contributed by atoms with Gasteiger partial charge in [0.1, 0.15) is 5.75 Å². The largest absolute Gasteiger partial charge is 0.508 e. The molecule has 1 saturated heterocycles. The number of carbonyl (C=O) groups excluding carboxylic acids is 1. The summed E-state index contributed by atoms with van der Waals surface area (Å²) in [6, 6.07) is 4.96. The normalized spacial score (nSPS) is 20.0. The summed E-state index contributed by atoms with van der Waals surface area (Å²) in [6.07, 6.45) is 1.84. The zero-order valence-corrected chi connectivity index (χ0v) is 11.1. The molecule has 2 N–H and O–H groups in total. The zero-order valence-electron chi connectivity index (χ0n) is 10.3. The Morgan fingerprint density at radius 3 is 3.06 bits per heavy atom. The van der Waals surface area contributed by atoms with Crippen molar-refractivity contribution < 1.29 is 9.90 Å². The average Bonchev–Trinajstić information content (AvgIpc) is 2.81. The second-order valence-electron chi connectivity index (χ2n) is 4.48. The summed E-state index contributed by atoms with van der Waals surface area (Å²) in [6.45, 7) is 1.35. The molecule has 1 aromatic rings. The summed E-state index contributed by atoms with van der Waals surface area (Å²) in [4.78, 5) is 13.8. The number of phenolic OH excluding ortho intramolecular Hbond substituents is 1. The molecular weight excluding hydrogens is 252 g/mol. The summed E-state index contributed by atoms with van der Waals surface area (Å²) in [5.74, 6) is 0.212. The van der Waals surface area contributed by atoms with E-state index >= 15 is 0 Å². The predicted molar refractivity (Wildman–Crippen MR) is 70.6 cm³/mol. The van der Waals surface area contributed by atoms with E-state index in [1.807, 2.05) is 0 Å². The number of nitrogens with one attached hydrogen (secondary N) is 1. The summed E-state index contributed by atoms with van der Waals surface area (Å²) < 4.78 is 0. The highest BCUT2D eigenvalue weighted by Gasteiger charge is 2.30. The van der Waals surface area contributed by atoms with E-state index in [0.29, 0.717) is 17.1 Å². The monoisotopic (exact) mass is 268 g/mol. The summed E-state index contributed by atoms with van der Waals surface area (Å²) >= 11 is 6.08. The number of hydrogen-bond donors (Lipinski definition) is 2. The maximum atomic E-state index is 11.7. The number of likely N-dealkylation sites (N-methyl/N-ethyl adjacent to an activating group) is 1. The summed E-state index contributed by atoms with van der Waals surface area (Å²) in [7, 11) is 1.64. The van der Waals surface area contributed by atoms with Gasteiger partial charge in [0.05, 0.1) is 6.04 Å². The van der Waals surface area contributed by atoms with E-state index in [9.17, 15) is 9.90 Å². The van der Waals surface area contributed by atoms with Crippen LogP contribution in [0.3, 0.4) is 0 Å². The molecule has 0 spiro atoms. The highest BCUT2D eigenvalue weighted by Crippen LogP contribution is 2.29. The first-order chi connectivity index (χ1) is 8.63. The molecule has 1 aliphatic heterocycles. The number of halogens is 1. The molecule has 98 valence electrons. The van der Waals surface area contributed by atoms with Crippen LogP contribution in [0.25, 0.3) is 0 Å². The van der Waals surface area contributed by atoms with Crippen molar-refractivity contribution in [1.82, 2.24) is 10.2 Å². The fraction of sp³-hybridized carbons (Fsp3) is 0.462. The molecule has 0 bridgehead atoms. The molecule has 5 heteroatoms. The van der Waals surface area contributed by atoms with Gasteiger partial charge in [0.2, 0.25) is 5.91 Å². The highest BCUT2D eigenvalue weighted by atomic mass is 35.5. The first-order valence-electron chi connectivity index (χ1n) is 6.05. The average molecular weight is 269 g/mol. The summed E-state index contributed by atoms with van der Waals surface area (Å²) in [5.41, 5.74) is 0.690. The van der Waals surface area contributed by atoms with Crippen LogP contribution < -0.4 is 5.32 Å². The highest BCUT2D eigenvalue weighted by molar-refractivity contribution is 6.31. The molecule has 1 aromatic carbocycles. The predicted octanol–water partition coefficient (Wildman–Crippen LogP) is 1.76. The van der Waals surface area contributed by atoms with Crippen molar-refractivity contribution in [2.24, 2.45) is 0 Å². The second kappa shape index (κ2) is 5.59. The van der Waals surface area contributed by atoms with E-state index in [0.717, 1.165) is 19.4 Å². The molecule has 4 nitrogen and oxygen atoms in total. The van der Waals surface area contributed by atoms with E-state index in [4.69, 9.17) is 11.6 Å². The fourth-order valence-corrected chi connectivity index (χ4v) is 2.62. The molecule has 1 amide bonds. The van der Waals surface area contributed by atoms with Gasteiger partial charge in [-0.15, -0.1) is 0 Å². The van der Waals surface area contributed by atoms with Crippen LogP contribution in [-0.4, -0.2) is 35.5 Å². The number of likely N-dealkylation sites (tertiary alicyclic amines) is 1. The van der Waals surface area contributed by atoms with Gasteiger partial charge in [-0.1, -0.05) is 17.7 Å². The smallest absolute Gasteiger partial charge is 0.237 e. The van der Waals surface area contributed by atoms with Gasteiger partial charge in [-0.25, -0.2) is 0 Å². The number of benzene rings is 1. The first-order valence-corrected chi connectivity index (χ1v) is 6.43. The van der Waals surface area contributed by atoms with Crippen molar-refractivity contribution in [1.29, 1.82) is 0 Å². The number of phenols is 1. The van der Waals surface area contributed by atoms with Gasteiger partial charge < -0.3 is 10.4 Å². The third-order valence-electron chi connectivity index (χ3n) is 3.37. The third kappa shape index (κ3) is 2.60. The minimum absolute atomic E-state index is 0.0269. The molecule has 1 heterocycles. The number of aromatic hydroxyl groups is 1. The Morgan fingerprint density at radius 1 is 1.61 bits per heavy atom. The van der Waals surface area contributed by atoms with Crippen LogP contribution in [0.15, 0.2) is 18.2 Å². The van der Waals surface area contributed by atoms with Gasteiger partial charge in [-0.2, -0.15) is 0 Å². The van der Waals surface area contributed by atoms with E-state index in [1.54, 1.807) is 25.2 Å². The lowest BCUT2D eigenvalue weighted by atomic mass is 10.1. The molecule has 1 aliphatic rings. The molecule has 0 radical (unpaired) electrons. The second-order valence-corrected chi connectivity index (χ2v) is 4.89. The van der Waals surface area contributed by atoms with Gasteiger partial charge in [0.15, 0.2) is 0 Å². The Labute approximate surface area is 112 Å². The lowest BCUT2D eigenvalue weighted by Gasteiger charge is -2.23. The Kier molecular flexibility index (Phi) is 4.09. The van der Waals surface area contributed by atoms with Crippen molar-refractivity contribution >= 4 is 17.5 Å². The molecule has 0 aliphatic carbocycles. The Balaban J connectivity index is 2.16. The molecule has 18 heavy (non-hydrogen) atoms. The standard InChI is InChI=1S/C13H17ClN2O2/c1-15-13(18)11-5-3-7-16(11)8-9-10(14)4-2-6-12(9)17/h2,4,6,11,17H,3,5,7-8H2,1H3,(H,15,18).